The van der Waals surface area contributed by atoms with Crippen molar-refractivity contribution in [1.82, 2.24) is 0 Å². The molecule has 0 fully saturated rings. The summed E-state index contributed by atoms with van der Waals surface area (Å²) in [5, 5.41) is 4.55. The molecule has 6 heteroatoms. The number of hydrogen-bond acceptors (Lipinski definition) is 4. The van der Waals surface area contributed by atoms with Gasteiger partial charge in [-0.3, -0.25) is 0 Å². The fourth-order valence-electron chi connectivity index (χ4n) is 0.308. The van der Waals surface area contributed by atoms with E-state index >= 15 is 0 Å². The lowest BCUT2D eigenvalue weighted by atomic mass is 10.4. The van der Waals surface area contributed by atoms with E-state index in [0.29, 0.717) is 6.29 Å². The number of rotatable bonds is 3. The van der Waals surface area contributed by atoms with E-state index in [0.717, 1.165) is 0 Å². The molecule has 5 nitrogen and oxygen atoms in total. The summed E-state index contributed by atoms with van der Waals surface area (Å²) in [6, 6.07) is -1.00. The molecule has 0 aliphatic rings. The van der Waals surface area contributed by atoms with Gasteiger partial charge in [-0.15, -0.1) is 0 Å². The zero-order chi connectivity index (χ0) is 7.49. The van der Waals surface area contributed by atoms with E-state index in [1.807, 2.05) is 0 Å². The molecule has 0 bridgehead atoms. The second-order valence-electron chi connectivity index (χ2n) is 1.63. The summed E-state index contributed by atoms with van der Waals surface area (Å²) >= 11 is 0. The quantitative estimate of drug-likeness (QED) is 0.448. The van der Waals surface area contributed by atoms with Gasteiger partial charge in [-0.25, -0.2) is 13.6 Å². The molecule has 0 amide bonds. The fourth-order valence-corrected chi connectivity index (χ4v) is 0.923. The molecule has 0 heterocycles. The monoisotopic (exact) mass is 152 g/mol. The minimum atomic E-state index is -3.59. The van der Waals surface area contributed by atoms with E-state index in [9.17, 15) is 13.2 Å². The molecule has 0 aromatic rings. The predicted octanol–water partition coefficient (Wildman–Crippen LogP) is -2.20. The molecular weight excluding hydrogens is 144 g/mol. The Kier molecular flexibility index (Phi) is 2.75. The first-order chi connectivity index (χ1) is 3.95. The summed E-state index contributed by atoms with van der Waals surface area (Å²) in [4.78, 5) is 9.74. The second-order valence-corrected chi connectivity index (χ2v) is 3.29. The first-order valence-corrected chi connectivity index (χ1v) is 3.88. The van der Waals surface area contributed by atoms with Crippen LogP contribution in [-0.4, -0.2) is 26.5 Å². The fraction of sp³-hybridized carbons (Fsp3) is 0.667. The largest absolute Gasteiger partial charge is 0.321 e. The number of sulfonamides is 1. The van der Waals surface area contributed by atoms with Crippen LogP contribution >= 0.6 is 0 Å². The van der Waals surface area contributed by atoms with Crippen LogP contribution in [0.1, 0.15) is 0 Å². The summed E-state index contributed by atoms with van der Waals surface area (Å²) in [5.41, 5.74) is 4.93. The number of carbonyl (C=O) groups is 1. The maximum Gasteiger partial charge on any atom is 0.211 e. The minimum Gasteiger partial charge on any atom is -0.321 e. The molecule has 0 radical (unpaired) electrons. The molecule has 1 atom stereocenters. The van der Waals surface area contributed by atoms with E-state index in [2.05, 4.69) is 5.14 Å². The standard InChI is InChI=1S/C3H8N2O3S/c4-3(1-6)2-9(5,7)8/h1,3H,2,4H2,(H2,5,7,8)/t3-/m0/s1. The first kappa shape index (κ1) is 8.54. The third kappa shape index (κ3) is 5.41. The Morgan fingerprint density at radius 1 is 1.56 bits per heavy atom. The summed E-state index contributed by atoms with van der Waals surface area (Å²) < 4.78 is 20.3. The van der Waals surface area contributed by atoms with Gasteiger partial charge in [0.25, 0.3) is 0 Å². The zero-order valence-electron chi connectivity index (χ0n) is 4.65. The summed E-state index contributed by atoms with van der Waals surface area (Å²) in [7, 11) is -3.59. The summed E-state index contributed by atoms with van der Waals surface area (Å²) in [5.74, 6) is -0.490. The predicted molar refractivity (Wildman–Crippen MR) is 32.0 cm³/mol. The Hall–Kier alpha value is -0.460. The lowest BCUT2D eigenvalue weighted by molar-refractivity contribution is -0.108. The number of carbonyl (C=O) groups excluding carboxylic acids is 1. The molecule has 4 N–H and O–H groups in total. The molecule has 54 valence electrons. The van der Waals surface area contributed by atoms with Gasteiger partial charge in [-0.1, -0.05) is 0 Å². The molecular formula is C3H8N2O3S. The average Bonchev–Trinajstić information content (AvgIpc) is 1.62. The van der Waals surface area contributed by atoms with E-state index in [-0.39, 0.29) is 0 Å². The molecule has 0 saturated carbocycles. The minimum absolute atomic E-state index is 0.338. The molecule has 0 saturated heterocycles. The number of hydrogen-bond donors (Lipinski definition) is 2. The van der Waals surface area contributed by atoms with Crippen LogP contribution in [0, 0.1) is 0 Å². The maximum absolute atomic E-state index is 10.1. The van der Waals surface area contributed by atoms with Crippen LogP contribution < -0.4 is 10.9 Å². The van der Waals surface area contributed by atoms with Crippen LogP contribution in [0.25, 0.3) is 0 Å². The topological polar surface area (TPSA) is 103 Å². The SMILES string of the molecule is N[C@@H](C=O)CS(N)(=O)=O. The first-order valence-electron chi connectivity index (χ1n) is 2.17. The van der Waals surface area contributed by atoms with Gasteiger partial charge >= 0.3 is 0 Å². The van der Waals surface area contributed by atoms with Crippen LogP contribution in [0.2, 0.25) is 0 Å². The van der Waals surface area contributed by atoms with Crippen molar-refractivity contribution < 1.29 is 13.2 Å². The van der Waals surface area contributed by atoms with E-state index in [1.165, 1.54) is 0 Å². The van der Waals surface area contributed by atoms with Crippen molar-refractivity contribution in [2.45, 2.75) is 6.04 Å². The van der Waals surface area contributed by atoms with Crippen molar-refractivity contribution in [1.29, 1.82) is 0 Å². The third-order valence-electron chi connectivity index (χ3n) is 0.600. The van der Waals surface area contributed by atoms with E-state index in [1.54, 1.807) is 0 Å². The highest BCUT2D eigenvalue weighted by Gasteiger charge is 2.08. The second kappa shape index (κ2) is 2.90. The van der Waals surface area contributed by atoms with Crippen molar-refractivity contribution in [3.8, 4) is 0 Å². The van der Waals surface area contributed by atoms with Crippen LogP contribution in [0.5, 0.6) is 0 Å². The molecule has 0 aromatic heterocycles. The molecule has 0 aliphatic carbocycles. The normalized spacial score (nSPS) is 14.9. The Balaban J connectivity index is 3.89. The van der Waals surface area contributed by atoms with Crippen LogP contribution in [0.4, 0.5) is 0 Å². The van der Waals surface area contributed by atoms with Gasteiger partial charge in [0.2, 0.25) is 10.0 Å². The van der Waals surface area contributed by atoms with Gasteiger partial charge < -0.3 is 10.5 Å². The zero-order valence-corrected chi connectivity index (χ0v) is 5.47. The van der Waals surface area contributed by atoms with E-state index in [4.69, 9.17) is 5.73 Å². The van der Waals surface area contributed by atoms with Crippen LogP contribution in [-0.2, 0) is 14.8 Å². The van der Waals surface area contributed by atoms with Crippen LogP contribution in [0.3, 0.4) is 0 Å². The van der Waals surface area contributed by atoms with Gasteiger partial charge in [0, 0.05) is 0 Å². The lowest BCUT2D eigenvalue weighted by Crippen LogP contribution is -2.34. The smallest absolute Gasteiger partial charge is 0.211 e. The van der Waals surface area contributed by atoms with Crippen molar-refractivity contribution in [2.75, 3.05) is 5.75 Å². The Morgan fingerprint density at radius 3 is 2.11 bits per heavy atom. The van der Waals surface area contributed by atoms with Crippen molar-refractivity contribution in [2.24, 2.45) is 10.9 Å². The number of aldehydes is 1. The van der Waals surface area contributed by atoms with E-state index < -0.39 is 21.8 Å². The van der Waals surface area contributed by atoms with Gasteiger partial charge in [-0.05, 0) is 0 Å². The highest BCUT2D eigenvalue weighted by atomic mass is 32.2. The van der Waals surface area contributed by atoms with Gasteiger partial charge in [0.05, 0.1) is 11.8 Å². The lowest BCUT2D eigenvalue weighted by Gasteiger charge is -1.98. The highest BCUT2D eigenvalue weighted by molar-refractivity contribution is 7.89. The van der Waals surface area contributed by atoms with Crippen LogP contribution in [0.15, 0.2) is 0 Å². The molecule has 0 aliphatic heterocycles. The van der Waals surface area contributed by atoms with Crippen molar-refractivity contribution >= 4 is 16.3 Å². The van der Waals surface area contributed by atoms with Crippen molar-refractivity contribution in [3.05, 3.63) is 0 Å². The van der Waals surface area contributed by atoms with Gasteiger partial charge in [0.15, 0.2) is 0 Å². The average molecular weight is 152 g/mol. The van der Waals surface area contributed by atoms with Crippen molar-refractivity contribution in [3.63, 3.8) is 0 Å². The molecule has 0 rings (SSSR count). The number of nitrogens with two attached hydrogens (primary N) is 2. The molecule has 9 heavy (non-hydrogen) atoms. The Bertz CT molecular complexity index is 185. The molecule has 0 unspecified atom stereocenters. The van der Waals surface area contributed by atoms with Gasteiger partial charge in [0.1, 0.15) is 6.29 Å². The third-order valence-corrected chi connectivity index (χ3v) is 1.45. The Labute approximate surface area is 53.1 Å². The molecule has 0 spiro atoms. The summed E-state index contributed by atoms with van der Waals surface area (Å²) in [6.45, 7) is 0. The van der Waals surface area contributed by atoms with Gasteiger partial charge in [-0.2, -0.15) is 0 Å². The summed E-state index contributed by atoms with van der Waals surface area (Å²) in [6.07, 6.45) is 0.338. The maximum atomic E-state index is 10.1. The Morgan fingerprint density at radius 2 is 2.00 bits per heavy atom. The highest BCUT2D eigenvalue weighted by Crippen LogP contribution is 1.78. The number of primary sulfonamides is 1. The molecule has 0 aromatic carbocycles.